The van der Waals surface area contributed by atoms with Crippen molar-refractivity contribution in [1.82, 2.24) is 15.2 Å². The van der Waals surface area contributed by atoms with E-state index >= 15 is 0 Å². The second kappa shape index (κ2) is 5.35. The van der Waals surface area contributed by atoms with Crippen LogP contribution in [0.1, 0.15) is 30.1 Å². The Bertz CT molecular complexity index is 436. The van der Waals surface area contributed by atoms with Crippen LogP contribution in [-0.2, 0) is 0 Å². The van der Waals surface area contributed by atoms with E-state index in [2.05, 4.69) is 29.2 Å². The third-order valence-electron chi connectivity index (χ3n) is 3.53. The first-order valence-corrected chi connectivity index (χ1v) is 6.21. The molecule has 0 aromatic carbocycles. The molecule has 0 radical (unpaired) electrons. The number of hydrogen-bond donors (Lipinski definition) is 2. The lowest BCUT2D eigenvalue weighted by atomic mass is 9.98. The predicted octanol–water partition coefficient (Wildman–Crippen LogP) is 1.000. The van der Waals surface area contributed by atoms with Crippen molar-refractivity contribution in [2.45, 2.75) is 31.8 Å². The quantitative estimate of drug-likeness (QED) is 0.820. The summed E-state index contributed by atoms with van der Waals surface area (Å²) in [6, 6.07) is 2.11. The highest BCUT2D eigenvalue weighted by Gasteiger charge is 2.24. The topological polar surface area (TPSA) is 65.5 Å². The van der Waals surface area contributed by atoms with Gasteiger partial charge in [0.2, 0.25) is 0 Å². The summed E-state index contributed by atoms with van der Waals surface area (Å²) < 4.78 is 0. The zero-order valence-electron chi connectivity index (χ0n) is 10.8. The first-order valence-electron chi connectivity index (χ1n) is 6.21. The molecule has 2 unspecified atom stereocenters. The van der Waals surface area contributed by atoms with Gasteiger partial charge in [0, 0.05) is 24.8 Å². The Balaban J connectivity index is 1.96. The zero-order valence-corrected chi connectivity index (χ0v) is 10.8. The van der Waals surface area contributed by atoms with Gasteiger partial charge in [-0.1, -0.05) is 0 Å². The van der Waals surface area contributed by atoms with E-state index < -0.39 is 0 Å². The average Bonchev–Trinajstić information content (AvgIpc) is 2.34. The first kappa shape index (κ1) is 12.8. The molecule has 1 aliphatic rings. The molecule has 1 fully saturated rings. The van der Waals surface area contributed by atoms with Crippen molar-refractivity contribution in [3.8, 4) is 5.75 Å². The number of aromatic nitrogens is 1. The van der Waals surface area contributed by atoms with Crippen molar-refractivity contribution in [2.75, 3.05) is 13.6 Å². The number of likely N-dealkylation sites (tertiary alicyclic amines) is 1. The maximum absolute atomic E-state index is 12.0. The Morgan fingerprint density at radius 2 is 2.33 bits per heavy atom. The van der Waals surface area contributed by atoms with Gasteiger partial charge in [0.15, 0.2) is 0 Å². The maximum Gasteiger partial charge on any atom is 0.253 e. The molecular formula is C13H19N3O2. The summed E-state index contributed by atoms with van der Waals surface area (Å²) in [6.07, 6.45) is 4.69. The number of aromatic hydroxyl groups is 1. The van der Waals surface area contributed by atoms with Crippen molar-refractivity contribution < 1.29 is 9.90 Å². The number of rotatable bonds is 2. The van der Waals surface area contributed by atoms with Crippen LogP contribution in [0.3, 0.4) is 0 Å². The fourth-order valence-electron chi connectivity index (χ4n) is 2.24. The Hall–Kier alpha value is -1.62. The summed E-state index contributed by atoms with van der Waals surface area (Å²) in [5, 5.41) is 12.3. The Morgan fingerprint density at radius 3 is 3.00 bits per heavy atom. The lowest BCUT2D eigenvalue weighted by molar-refractivity contribution is 0.0896. The van der Waals surface area contributed by atoms with E-state index in [1.165, 1.54) is 18.5 Å². The van der Waals surface area contributed by atoms with Crippen LogP contribution in [0, 0.1) is 0 Å². The van der Waals surface area contributed by atoms with Crippen LogP contribution in [-0.4, -0.2) is 46.6 Å². The number of carbonyl (C=O) groups is 1. The number of nitrogens with zero attached hydrogens (tertiary/aromatic N) is 2. The van der Waals surface area contributed by atoms with Gasteiger partial charge >= 0.3 is 0 Å². The fraction of sp³-hybridized carbons (Fsp3) is 0.538. The molecule has 1 amide bonds. The summed E-state index contributed by atoms with van der Waals surface area (Å²) in [6.45, 7) is 3.15. The van der Waals surface area contributed by atoms with Gasteiger partial charge in [-0.15, -0.1) is 0 Å². The van der Waals surface area contributed by atoms with Crippen LogP contribution in [0.5, 0.6) is 5.75 Å². The van der Waals surface area contributed by atoms with E-state index in [9.17, 15) is 9.90 Å². The van der Waals surface area contributed by atoms with E-state index in [4.69, 9.17) is 0 Å². The molecule has 2 atom stereocenters. The highest BCUT2D eigenvalue weighted by Crippen LogP contribution is 2.16. The molecule has 0 spiro atoms. The molecule has 0 bridgehead atoms. The standard InChI is InChI=1S/C13H19N3O2/c1-9-5-11(3-4-16(9)2)15-13(18)10-6-12(17)8-14-7-10/h6-9,11,17H,3-5H2,1-2H3,(H,15,18). The number of piperidine rings is 1. The van der Waals surface area contributed by atoms with Gasteiger partial charge in [-0.05, 0) is 32.9 Å². The van der Waals surface area contributed by atoms with Crippen molar-refractivity contribution in [3.63, 3.8) is 0 Å². The fourth-order valence-corrected chi connectivity index (χ4v) is 2.24. The van der Waals surface area contributed by atoms with E-state index in [-0.39, 0.29) is 17.7 Å². The van der Waals surface area contributed by atoms with E-state index in [0.717, 1.165) is 19.4 Å². The minimum atomic E-state index is -0.167. The number of nitrogens with one attached hydrogen (secondary N) is 1. The Morgan fingerprint density at radius 1 is 1.56 bits per heavy atom. The van der Waals surface area contributed by atoms with E-state index in [0.29, 0.717) is 11.6 Å². The smallest absolute Gasteiger partial charge is 0.253 e. The summed E-state index contributed by atoms with van der Waals surface area (Å²) >= 11 is 0. The lowest BCUT2D eigenvalue weighted by Gasteiger charge is -2.35. The van der Waals surface area contributed by atoms with Crippen LogP contribution < -0.4 is 5.32 Å². The molecule has 2 heterocycles. The predicted molar refractivity (Wildman–Crippen MR) is 68.5 cm³/mol. The molecule has 1 saturated heterocycles. The molecule has 98 valence electrons. The Kier molecular flexibility index (Phi) is 3.81. The number of carbonyl (C=O) groups excluding carboxylic acids is 1. The summed E-state index contributed by atoms with van der Waals surface area (Å²) in [4.78, 5) is 18.1. The molecule has 1 aromatic heterocycles. The maximum atomic E-state index is 12.0. The van der Waals surface area contributed by atoms with Gasteiger partial charge in [-0.25, -0.2) is 0 Å². The van der Waals surface area contributed by atoms with Crippen LogP contribution >= 0.6 is 0 Å². The van der Waals surface area contributed by atoms with Crippen LogP contribution in [0.2, 0.25) is 0 Å². The molecule has 18 heavy (non-hydrogen) atoms. The lowest BCUT2D eigenvalue weighted by Crippen LogP contribution is -2.47. The Labute approximate surface area is 107 Å². The third kappa shape index (κ3) is 2.98. The van der Waals surface area contributed by atoms with Gasteiger partial charge in [0.25, 0.3) is 5.91 Å². The van der Waals surface area contributed by atoms with E-state index in [1.54, 1.807) is 0 Å². The first-order chi connectivity index (χ1) is 8.56. The molecule has 5 nitrogen and oxygen atoms in total. The SMILES string of the molecule is CC1CC(NC(=O)c2cncc(O)c2)CCN1C. The molecule has 1 aromatic rings. The van der Waals surface area contributed by atoms with Crippen molar-refractivity contribution >= 4 is 5.91 Å². The minimum Gasteiger partial charge on any atom is -0.506 e. The molecule has 0 saturated carbocycles. The number of hydrogen-bond acceptors (Lipinski definition) is 4. The molecule has 2 rings (SSSR count). The largest absolute Gasteiger partial charge is 0.506 e. The monoisotopic (exact) mass is 249 g/mol. The van der Waals surface area contributed by atoms with Gasteiger partial charge in [0.05, 0.1) is 11.8 Å². The van der Waals surface area contributed by atoms with Crippen molar-refractivity contribution in [3.05, 3.63) is 24.0 Å². The van der Waals surface area contributed by atoms with Gasteiger partial charge in [0.1, 0.15) is 5.75 Å². The van der Waals surface area contributed by atoms with Crippen molar-refractivity contribution in [1.29, 1.82) is 0 Å². The molecule has 5 heteroatoms. The average molecular weight is 249 g/mol. The van der Waals surface area contributed by atoms with Crippen molar-refractivity contribution in [2.24, 2.45) is 0 Å². The molecular weight excluding hydrogens is 230 g/mol. The summed E-state index contributed by atoms with van der Waals surface area (Å²) in [5.41, 5.74) is 0.404. The van der Waals surface area contributed by atoms with Crippen LogP contribution in [0.4, 0.5) is 0 Å². The van der Waals surface area contributed by atoms with Gasteiger partial charge < -0.3 is 15.3 Å². The zero-order chi connectivity index (χ0) is 13.1. The minimum absolute atomic E-state index is 0.0133. The highest BCUT2D eigenvalue weighted by atomic mass is 16.3. The van der Waals surface area contributed by atoms with Gasteiger partial charge in [-0.3, -0.25) is 9.78 Å². The van der Waals surface area contributed by atoms with Crippen LogP contribution in [0.15, 0.2) is 18.5 Å². The summed E-state index contributed by atoms with van der Waals surface area (Å²) in [7, 11) is 2.10. The third-order valence-corrected chi connectivity index (χ3v) is 3.53. The second-order valence-corrected chi connectivity index (χ2v) is 4.96. The summed E-state index contributed by atoms with van der Waals surface area (Å²) in [5.74, 6) is -0.153. The number of pyridine rings is 1. The normalized spacial score (nSPS) is 24.8. The second-order valence-electron chi connectivity index (χ2n) is 4.96. The van der Waals surface area contributed by atoms with Gasteiger partial charge in [-0.2, -0.15) is 0 Å². The highest BCUT2D eigenvalue weighted by molar-refractivity contribution is 5.94. The number of amides is 1. The molecule has 2 N–H and O–H groups in total. The molecule has 1 aliphatic heterocycles. The van der Waals surface area contributed by atoms with E-state index in [1.807, 2.05) is 0 Å². The molecule has 0 aliphatic carbocycles. The van der Waals surface area contributed by atoms with Crippen LogP contribution in [0.25, 0.3) is 0 Å².